The van der Waals surface area contributed by atoms with Crippen molar-refractivity contribution in [2.45, 2.75) is 29.5 Å². The molecule has 3 rings (SSSR count). The molecule has 4 heteroatoms. The van der Waals surface area contributed by atoms with E-state index in [0.717, 1.165) is 12.0 Å². The van der Waals surface area contributed by atoms with Gasteiger partial charge >= 0.3 is 0 Å². The Balaban J connectivity index is 1.94. The summed E-state index contributed by atoms with van der Waals surface area (Å²) in [7, 11) is 0. The summed E-state index contributed by atoms with van der Waals surface area (Å²) in [6, 6.07) is 10.6. The third-order valence-electron chi connectivity index (χ3n) is 3.74. The van der Waals surface area contributed by atoms with E-state index in [4.69, 9.17) is 4.74 Å². The van der Waals surface area contributed by atoms with Gasteiger partial charge in [0.2, 0.25) is 0 Å². The lowest BCUT2D eigenvalue weighted by atomic mass is 10.0. The number of alkyl halides is 1. The third-order valence-corrected chi connectivity index (χ3v) is 4.80. The van der Waals surface area contributed by atoms with Gasteiger partial charge in [0.05, 0.1) is 16.6 Å². The highest BCUT2D eigenvalue weighted by molar-refractivity contribution is 14.1. The lowest BCUT2D eigenvalue weighted by Crippen LogP contribution is -2.39. The first-order valence-electron chi connectivity index (χ1n) is 6.46. The lowest BCUT2D eigenvalue weighted by Gasteiger charge is -2.34. The minimum atomic E-state index is 0.0916. The van der Waals surface area contributed by atoms with Crippen LogP contribution in [0.4, 0.5) is 0 Å². The molecule has 2 heterocycles. The molecule has 1 saturated heterocycles. The van der Waals surface area contributed by atoms with Crippen LogP contribution in [0.15, 0.2) is 42.1 Å². The maximum Gasteiger partial charge on any atom is 0.157 e. The van der Waals surface area contributed by atoms with Crippen LogP contribution in [0.5, 0.6) is 0 Å². The highest BCUT2D eigenvalue weighted by atomic mass is 127. The number of halogens is 1. The fraction of sp³-hybridized carbons (Fsp3) is 0.400. The number of carbonyl (C=O) groups is 1. The summed E-state index contributed by atoms with van der Waals surface area (Å²) in [5, 5.41) is 0. The summed E-state index contributed by atoms with van der Waals surface area (Å²) in [6.07, 6.45) is 2.90. The van der Waals surface area contributed by atoms with Crippen molar-refractivity contribution in [3.63, 3.8) is 0 Å². The minimum Gasteiger partial charge on any atom is -0.355 e. The van der Waals surface area contributed by atoms with Gasteiger partial charge in [-0.05, 0) is 18.9 Å². The van der Waals surface area contributed by atoms with Gasteiger partial charge in [-0.3, -0.25) is 4.79 Å². The van der Waals surface area contributed by atoms with Crippen molar-refractivity contribution in [2.24, 2.45) is 0 Å². The van der Waals surface area contributed by atoms with Crippen molar-refractivity contribution in [1.29, 1.82) is 0 Å². The molecule has 0 bridgehead atoms. The standard InChI is InChI=1S/C15H16INO2/c1-10(18)12-7-13(16)15-17(8-12)14(9-19-15)11-5-3-2-4-6-11/h2-6,8,13-15H,7,9H2,1H3/t13-,14-,15+/m0/s1. The first-order chi connectivity index (χ1) is 9.16. The molecule has 0 saturated carbocycles. The molecule has 0 N–H and O–H groups in total. The number of nitrogens with zero attached hydrogens (tertiary/aromatic N) is 1. The molecule has 3 nitrogen and oxygen atoms in total. The van der Waals surface area contributed by atoms with Crippen LogP contribution in [0.3, 0.4) is 0 Å². The quantitative estimate of drug-likeness (QED) is 0.593. The molecule has 1 fully saturated rings. The van der Waals surface area contributed by atoms with Crippen LogP contribution in [0.25, 0.3) is 0 Å². The number of ketones is 1. The fourth-order valence-corrected chi connectivity index (χ4v) is 3.77. The molecular formula is C15H16INO2. The third kappa shape index (κ3) is 2.43. The fourth-order valence-electron chi connectivity index (χ4n) is 2.72. The average molecular weight is 369 g/mol. The van der Waals surface area contributed by atoms with Gasteiger partial charge in [-0.15, -0.1) is 0 Å². The van der Waals surface area contributed by atoms with Crippen LogP contribution in [0, 0.1) is 0 Å². The molecule has 0 spiro atoms. The van der Waals surface area contributed by atoms with Gasteiger partial charge in [-0.2, -0.15) is 0 Å². The Morgan fingerprint density at radius 2 is 2.11 bits per heavy atom. The van der Waals surface area contributed by atoms with E-state index in [1.807, 2.05) is 24.4 Å². The van der Waals surface area contributed by atoms with Gasteiger partial charge in [0.1, 0.15) is 6.23 Å². The van der Waals surface area contributed by atoms with Gasteiger partial charge in [0.15, 0.2) is 5.78 Å². The lowest BCUT2D eigenvalue weighted by molar-refractivity contribution is -0.114. The molecule has 0 amide bonds. The van der Waals surface area contributed by atoms with Crippen LogP contribution < -0.4 is 0 Å². The van der Waals surface area contributed by atoms with E-state index in [1.54, 1.807) is 6.92 Å². The Morgan fingerprint density at radius 1 is 1.37 bits per heavy atom. The van der Waals surface area contributed by atoms with E-state index in [2.05, 4.69) is 39.6 Å². The van der Waals surface area contributed by atoms with Crippen LogP contribution in [-0.4, -0.2) is 27.4 Å². The number of Topliss-reactive ketones (excluding diaryl/α,β-unsaturated/α-hetero) is 1. The zero-order chi connectivity index (χ0) is 13.4. The Bertz CT molecular complexity index is 514. The Kier molecular flexibility index (Phi) is 3.62. The van der Waals surface area contributed by atoms with Crippen LogP contribution in [-0.2, 0) is 9.53 Å². The Hall–Kier alpha value is -0.880. The molecule has 2 aliphatic heterocycles. The first-order valence-corrected chi connectivity index (χ1v) is 7.71. The number of carbonyl (C=O) groups excluding carboxylic acids is 1. The van der Waals surface area contributed by atoms with Crippen LogP contribution in [0.2, 0.25) is 0 Å². The molecular weight excluding hydrogens is 353 g/mol. The summed E-state index contributed by atoms with van der Waals surface area (Å²) in [5.74, 6) is 0.166. The first kappa shape index (κ1) is 13.1. The molecule has 19 heavy (non-hydrogen) atoms. The predicted octanol–water partition coefficient (Wildman–Crippen LogP) is 3.07. The van der Waals surface area contributed by atoms with Gasteiger partial charge in [-0.1, -0.05) is 52.9 Å². The van der Waals surface area contributed by atoms with Crippen molar-refractivity contribution in [2.75, 3.05) is 6.61 Å². The van der Waals surface area contributed by atoms with Crippen LogP contribution >= 0.6 is 22.6 Å². The molecule has 1 aromatic carbocycles. The average Bonchev–Trinajstić information content (AvgIpc) is 2.84. The number of hydrogen-bond acceptors (Lipinski definition) is 3. The molecule has 0 unspecified atom stereocenters. The number of benzene rings is 1. The van der Waals surface area contributed by atoms with E-state index >= 15 is 0 Å². The van der Waals surface area contributed by atoms with Gasteiger partial charge in [0.25, 0.3) is 0 Å². The summed E-state index contributed by atoms with van der Waals surface area (Å²) < 4.78 is 6.26. The normalized spacial score (nSPS) is 29.9. The zero-order valence-corrected chi connectivity index (χ0v) is 12.9. The van der Waals surface area contributed by atoms with Crippen molar-refractivity contribution >= 4 is 28.4 Å². The van der Waals surface area contributed by atoms with Crippen molar-refractivity contribution in [3.8, 4) is 0 Å². The minimum absolute atomic E-state index is 0.0916. The zero-order valence-electron chi connectivity index (χ0n) is 10.8. The maximum atomic E-state index is 11.6. The second-order valence-electron chi connectivity index (χ2n) is 5.03. The van der Waals surface area contributed by atoms with Gasteiger partial charge < -0.3 is 9.64 Å². The topological polar surface area (TPSA) is 29.5 Å². The summed E-state index contributed by atoms with van der Waals surface area (Å²) in [5.41, 5.74) is 2.15. The Labute approximate surface area is 126 Å². The second-order valence-corrected chi connectivity index (χ2v) is 6.63. The summed E-state index contributed by atoms with van der Waals surface area (Å²) in [4.78, 5) is 13.9. The van der Waals surface area contributed by atoms with Gasteiger partial charge in [-0.25, -0.2) is 0 Å². The molecule has 0 aromatic heterocycles. The van der Waals surface area contributed by atoms with E-state index in [1.165, 1.54) is 5.56 Å². The van der Waals surface area contributed by atoms with Crippen molar-refractivity contribution in [3.05, 3.63) is 47.7 Å². The molecule has 0 aliphatic carbocycles. The van der Waals surface area contributed by atoms with Crippen molar-refractivity contribution < 1.29 is 9.53 Å². The summed E-state index contributed by atoms with van der Waals surface area (Å²) >= 11 is 2.39. The highest BCUT2D eigenvalue weighted by Gasteiger charge is 2.40. The molecule has 3 atom stereocenters. The highest BCUT2D eigenvalue weighted by Crippen LogP contribution is 2.39. The number of rotatable bonds is 2. The van der Waals surface area contributed by atoms with Gasteiger partial charge in [0, 0.05) is 11.8 Å². The maximum absolute atomic E-state index is 11.6. The van der Waals surface area contributed by atoms with E-state index in [-0.39, 0.29) is 18.1 Å². The van der Waals surface area contributed by atoms with Crippen LogP contribution in [0.1, 0.15) is 24.9 Å². The summed E-state index contributed by atoms with van der Waals surface area (Å²) in [6.45, 7) is 2.33. The molecule has 2 aliphatic rings. The largest absolute Gasteiger partial charge is 0.355 e. The predicted molar refractivity (Wildman–Crippen MR) is 82.0 cm³/mol. The molecule has 1 aromatic rings. The van der Waals surface area contributed by atoms with E-state index in [9.17, 15) is 4.79 Å². The van der Waals surface area contributed by atoms with E-state index < -0.39 is 0 Å². The number of hydrogen-bond donors (Lipinski definition) is 0. The number of allylic oxidation sites excluding steroid dienone is 1. The van der Waals surface area contributed by atoms with Crippen molar-refractivity contribution in [1.82, 2.24) is 4.90 Å². The molecule has 0 radical (unpaired) electrons. The monoisotopic (exact) mass is 369 g/mol. The molecule has 100 valence electrons. The number of fused-ring (bicyclic) bond motifs is 1. The van der Waals surface area contributed by atoms with E-state index in [0.29, 0.717) is 10.5 Å². The number of ether oxygens (including phenoxy) is 1. The second kappa shape index (κ2) is 5.25. The SMILES string of the molecule is CC(=O)C1=CN2[C@H](OC[C@H]2c2ccccc2)[C@@H](I)C1. The smallest absolute Gasteiger partial charge is 0.157 e. The Morgan fingerprint density at radius 3 is 2.79 bits per heavy atom.